The number of hydrogen-bond donors (Lipinski definition) is 2. The molecule has 0 bridgehead atoms. The Morgan fingerprint density at radius 3 is 2.11 bits per heavy atom. The number of aliphatic carboxylic acids is 2. The largest absolute Gasteiger partial charge is 1.00 e. The first-order chi connectivity index (χ1) is 7.43. The molecule has 0 saturated heterocycles. The maximum absolute atomic E-state index is 11.2. The van der Waals surface area contributed by atoms with Gasteiger partial charge in [0.15, 0.2) is 0 Å². The third-order valence-corrected chi connectivity index (χ3v) is 3.41. The van der Waals surface area contributed by atoms with Crippen LogP contribution in [0.25, 0.3) is 0 Å². The second-order valence-corrected chi connectivity index (χ2v) is 5.13. The van der Waals surface area contributed by atoms with Crippen LogP contribution in [0, 0.1) is 23.7 Å². The Morgan fingerprint density at radius 1 is 1.17 bits per heavy atom. The van der Waals surface area contributed by atoms with E-state index < -0.39 is 23.8 Å². The summed E-state index contributed by atoms with van der Waals surface area (Å²) in [5, 5.41) is 18.2. The molecule has 6 heteroatoms. The van der Waals surface area contributed by atoms with Crippen LogP contribution >= 0.6 is 0 Å². The van der Waals surface area contributed by atoms with Crippen molar-refractivity contribution < 1.29 is 81.8 Å². The maximum atomic E-state index is 11.2. The Balaban J connectivity index is -0.000000320. The van der Waals surface area contributed by atoms with Gasteiger partial charge in [0.25, 0.3) is 0 Å². The van der Waals surface area contributed by atoms with Crippen molar-refractivity contribution in [2.24, 2.45) is 23.7 Å². The van der Waals surface area contributed by atoms with E-state index in [9.17, 15) is 14.7 Å². The minimum absolute atomic E-state index is 0. The quantitative estimate of drug-likeness (QED) is 0.522. The predicted octanol–water partition coefficient (Wildman–Crippen LogP) is -3.53. The molecule has 0 aromatic carbocycles. The molecule has 2 N–H and O–H groups in total. The average Bonchev–Trinajstić information content (AvgIpc) is 2.15. The molecule has 0 aromatic heterocycles. The summed E-state index contributed by atoms with van der Waals surface area (Å²) < 4.78 is 0. The van der Waals surface area contributed by atoms with E-state index in [4.69, 9.17) is 5.11 Å². The molecule has 3 unspecified atom stereocenters. The van der Waals surface area contributed by atoms with Gasteiger partial charge >= 0.3 is 71.1 Å². The van der Waals surface area contributed by atoms with Gasteiger partial charge in [-0.15, -0.1) is 0 Å². The van der Waals surface area contributed by atoms with Gasteiger partial charge in [0.2, 0.25) is 0 Å². The molecule has 1 rings (SSSR count). The third kappa shape index (κ3) is 5.93. The number of carboxylic acid groups (broad SMARTS) is 2. The molecular weight excluding hydrogens is 254 g/mol. The second-order valence-electron chi connectivity index (χ2n) is 5.13. The van der Waals surface area contributed by atoms with Crippen molar-refractivity contribution in [3.63, 3.8) is 0 Å². The molecule has 1 fully saturated rings. The van der Waals surface area contributed by atoms with Crippen LogP contribution in [-0.4, -0.2) is 22.2 Å². The van der Waals surface area contributed by atoms with Gasteiger partial charge < -0.3 is 13.1 Å². The van der Waals surface area contributed by atoms with E-state index in [1.807, 2.05) is 13.8 Å². The van der Waals surface area contributed by atoms with Gasteiger partial charge in [-0.05, 0) is 31.1 Å². The number of carbonyl (C=O) groups is 2. The zero-order valence-corrected chi connectivity index (χ0v) is 15.8. The van der Waals surface area contributed by atoms with Crippen LogP contribution in [0.5, 0.6) is 0 Å². The normalized spacial score (nSPS) is 26.9. The monoisotopic (exact) mass is 276 g/mol. The zero-order chi connectivity index (χ0) is 12.3. The maximum Gasteiger partial charge on any atom is 1.00 e. The Morgan fingerprint density at radius 2 is 1.72 bits per heavy atom. The smallest absolute Gasteiger partial charge is 1.00 e. The van der Waals surface area contributed by atoms with Crippen LogP contribution in [0.3, 0.4) is 0 Å². The van der Waals surface area contributed by atoms with Gasteiger partial charge in [-0.1, -0.05) is 20.3 Å². The fourth-order valence-corrected chi connectivity index (χ4v) is 2.81. The molecule has 1 aliphatic rings. The van der Waals surface area contributed by atoms with E-state index in [0.717, 1.165) is 19.3 Å². The van der Waals surface area contributed by atoms with Crippen molar-refractivity contribution in [1.82, 2.24) is 0 Å². The molecule has 4 nitrogen and oxygen atoms in total. The summed E-state index contributed by atoms with van der Waals surface area (Å²) in [6.45, 7) is 4.09. The summed E-state index contributed by atoms with van der Waals surface area (Å²) >= 11 is 0. The first-order valence-corrected chi connectivity index (χ1v) is 5.89. The van der Waals surface area contributed by atoms with Gasteiger partial charge in [0, 0.05) is 0 Å². The topological polar surface area (TPSA) is 74.6 Å². The Labute approximate surface area is 155 Å². The van der Waals surface area contributed by atoms with E-state index in [1.165, 1.54) is 0 Å². The molecule has 0 aromatic rings. The summed E-state index contributed by atoms with van der Waals surface area (Å²) in [4.78, 5) is 22.2. The molecule has 18 heavy (non-hydrogen) atoms. The van der Waals surface area contributed by atoms with Crippen LogP contribution < -0.4 is 59.1 Å². The van der Waals surface area contributed by atoms with Crippen molar-refractivity contribution in [3.8, 4) is 0 Å². The molecule has 0 heterocycles. The van der Waals surface area contributed by atoms with E-state index in [1.54, 1.807) is 0 Å². The van der Waals surface area contributed by atoms with E-state index in [-0.39, 0.29) is 67.9 Å². The SMILES string of the molecule is CC(C)CC1CCCC(C(=O)O)C1C(=O)O.[H-].[H-].[Na+].[Na+]. The van der Waals surface area contributed by atoms with Gasteiger partial charge in [-0.2, -0.15) is 0 Å². The first-order valence-electron chi connectivity index (χ1n) is 5.89. The fraction of sp³-hybridized carbons (Fsp3) is 0.833. The van der Waals surface area contributed by atoms with Gasteiger partial charge in [0.05, 0.1) is 11.8 Å². The summed E-state index contributed by atoms with van der Waals surface area (Å²) in [6, 6.07) is 0. The van der Waals surface area contributed by atoms with Gasteiger partial charge in [0.1, 0.15) is 0 Å². The van der Waals surface area contributed by atoms with Crippen molar-refractivity contribution in [2.45, 2.75) is 39.5 Å². The van der Waals surface area contributed by atoms with E-state index in [0.29, 0.717) is 12.3 Å². The molecule has 0 amide bonds. The van der Waals surface area contributed by atoms with Crippen LogP contribution in [0.1, 0.15) is 42.4 Å². The minimum atomic E-state index is -0.958. The summed E-state index contributed by atoms with van der Waals surface area (Å²) in [5.74, 6) is -2.87. The Bertz CT molecular complexity index is 291. The minimum Gasteiger partial charge on any atom is -1.00 e. The van der Waals surface area contributed by atoms with Crippen molar-refractivity contribution in [1.29, 1.82) is 0 Å². The van der Waals surface area contributed by atoms with Gasteiger partial charge in [-0.25, -0.2) is 0 Å². The molecular formula is C12H22Na2O4. The summed E-state index contributed by atoms with van der Waals surface area (Å²) in [5.41, 5.74) is 0. The Hall–Kier alpha value is 0.940. The standard InChI is InChI=1S/C12H20O4.2Na.2H/c1-7(2)6-8-4-3-5-9(11(13)14)10(8)12(15)16;;;;/h7-10H,3-6H2,1-2H3,(H,13,14)(H,15,16);;;;/q;2*+1;2*-1. The first kappa shape index (κ1) is 21.2. The Kier molecular flexibility index (Phi) is 11.5. The molecule has 96 valence electrons. The number of hydrogen-bond acceptors (Lipinski definition) is 2. The van der Waals surface area contributed by atoms with Crippen molar-refractivity contribution >= 4 is 11.9 Å². The number of rotatable bonds is 4. The molecule has 1 aliphatic carbocycles. The summed E-state index contributed by atoms with van der Waals surface area (Å²) in [6.07, 6.45) is 2.98. The van der Waals surface area contributed by atoms with Crippen LogP contribution in [0.2, 0.25) is 0 Å². The molecule has 0 radical (unpaired) electrons. The number of carboxylic acids is 2. The van der Waals surface area contributed by atoms with Gasteiger partial charge in [-0.3, -0.25) is 9.59 Å². The summed E-state index contributed by atoms with van der Waals surface area (Å²) in [7, 11) is 0. The average molecular weight is 276 g/mol. The van der Waals surface area contributed by atoms with Crippen LogP contribution in [0.15, 0.2) is 0 Å². The molecule has 0 spiro atoms. The van der Waals surface area contributed by atoms with E-state index in [2.05, 4.69) is 0 Å². The molecule has 3 atom stereocenters. The predicted molar refractivity (Wildman–Crippen MR) is 61.3 cm³/mol. The third-order valence-electron chi connectivity index (χ3n) is 3.41. The van der Waals surface area contributed by atoms with Crippen LogP contribution in [0.4, 0.5) is 0 Å². The fourth-order valence-electron chi connectivity index (χ4n) is 2.81. The van der Waals surface area contributed by atoms with Crippen molar-refractivity contribution in [2.75, 3.05) is 0 Å². The van der Waals surface area contributed by atoms with Crippen LogP contribution in [-0.2, 0) is 9.59 Å². The molecule has 1 saturated carbocycles. The second kappa shape index (κ2) is 9.78. The van der Waals surface area contributed by atoms with Crippen molar-refractivity contribution in [3.05, 3.63) is 0 Å². The zero-order valence-electron chi connectivity index (χ0n) is 13.8. The molecule has 0 aliphatic heterocycles. The van der Waals surface area contributed by atoms with E-state index >= 15 is 0 Å².